The molecule has 2 heterocycles. The van der Waals surface area contributed by atoms with Gasteiger partial charge in [-0.05, 0) is 54.1 Å². The maximum absolute atomic E-state index is 14.3. The number of hydrogen-bond acceptors (Lipinski definition) is 2. The molecule has 2 aliphatic heterocycles. The van der Waals surface area contributed by atoms with Crippen LogP contribution in [0.2, 0.25) is 5.02 Å². The van der Waals surface area contributed by atoms with Crippen LogP contribution in [0.1, 0.15) is 17.2 Å². The predicted molar refractivity (Wildman–Crippen MR) is 127 cm³/mol. The molecule has 1 fully saturated rings. The van der Waals surface area contributed by atoms with Gasteiger partial charge in [0.25, 0.3) is 0 Å². The van der Waals surface area contributed by atoms with E-state index in [4.69, 9.17) is 16.3 Å². The molecule has 0 radical (unpaired) electrons. The Hall–Kier alpha value is -2.19. The molecule has 178 valence electrons. The molecule has 3 aromatic carbocycles. The van der Waals surface area contributed by atoms with Crippen molar-refractivity contribution in [2.75, 3.05) is 39.3 Å². The summed E-state index contributed by atoms with van der Waals surface area (Å²) in [5.41, 5.74) is 2.12. The van der Waals surface area contributed by atoms with Crippen molar-refractivity contribution in [3.8, 4) is 5.75 Å². The summed E-state index contributed by atoms with van der Waals surface area (Å²) in [6.45, 7) is 5.37. The highest BCUT2D eigenvalue weighted by molar-refractivity contribution is 7.99. The summed E-state index contributed by atoms with van der Waals surface area (Å²) in [6, 6.07) is 14.4. The predicted octanol–water partition coefficient (Wildman–Crippen LogP) is 3.37. The average Bonchev–Trinajstić information content (AvgIpc) is 2.97. The van der Waals surface area contributed by atoms with Gasteiger partial charge in [0.1, 0.15) is 68.6 Å². The molecule has 2 aliphatic rings. The average molecular weight is 507 g/mol. The molecule has 8 heteroatoms. The van der Waals surface area contributed by atoms with Gasteiger partial charge in [-0.1, -0.05) is 29.4 Å². The van der Waals surface area contributed by atoms with Crippen LogP contribution in [0.3, 0.4) is 0 Å². The molecule has 0 aliphatic carbocycles. The second kappa shape index (κ2) is 10.2. The Labute approximate surface area is 206 Å². The minimum Gasteiger partial charge on any atom is -0.488 e. The fraction of sp³-hybridized carbons (Fsp3) is 0.308. The van der Waals surface area contributed by atoms with E-state index in [2.05, 4.69) is 0 Å². The van der Waals surface area contributed by atoms with Crippen LogP contribution in [-0.2, 0) is 6.42 Å². The van der Waals surface area contributed by atoms with Gasteiger partial charge in [-0.3, -0.25) is 0 Å². The summed E-state index contributed by atoms with van der Waals surface area (Å²) >= 11 is 7.61. The second-order valence-electron chi connectivity index (χ2n) is 8.88. The standard InChI is InChI=1S/C26H24ClF3N2OS/c27-22-15-21-24(13-17-1-2-19(29)14-25(17)34-26(21)16-23(22)30)32-9-7-31(8-10-32)11-12-33-20-5-3-18(28)4-6-20/h1-6,14-16,24H,7-13H2/p+2/t24-/m1/s1. The molecule has 0 amide bonds. The van der Waals surface area contributed by atoms with Crippen molar-refractivity contribution in [1.29, 1.82) is 0 Å². The first-order valence-corrected chi connectivity index (χ1v) is 12.7. The molecule has 0 unspecified atom stereocenters. The van der Waals surface area contributed by atoms with Crippen LogP contribution in [0.15, 0.2) is 64.4 Å². The van der Waals surface area contributed by atoms with Crippen molar-refractivity contribution in [1.82, 2.24) is 0 Å². The van der Waals surface area contributed by atoms with E-state index in [9.17, 15) is 13.2 Å². The number of ether oxygens (including phenoxy) is 1. The molecule has 5 rings (SSSR count). The Kier molecular flexibility index (Phi) is 7.06. The molecule has 0 bridgehead atoms. The van der Waals surface area contributed by atoms with Gasteiger partial charge in [-0.25, -0.2) is 13.2 Å². The van der Waals surface area contributed by atoms with E-state index in [1.54, 1.807) is 18.2 Å². The second-order valence-corrected chi connectivity index (χ2v) is 10.4. The first-order chi connectivity index (χ1) is 16.5. The van der Waals surface area contributed by atoms with Gasteiger partial charge >= 0.3 is 0 Å². The van der Waals surface area contributed by atoms with E-state index < -0.39 is 5.82 Å². The minimum absolute atomic E-state index is 0.128. The van der Waals surface area contributed by atoms with Gasteiger partial charge in [-0.15, -0.1) is 0 Å². The number of hydrogen-bond donors (Lipinski definition) is 2. The Morgan fingerprint density at radius 2 is 1.62 bits per heavy atom. The van der Waals surface area contributed by atoms with Crippen molar-refractivity contribution >= 4 is 23.4 Å². The summed E-state index contributed by atoms with van der Waals surface area (Å²) in [4.78, 5) is 4.55. The molecule has 0 aromatic heterocycles. The third kappa shape index (κ3) is 5.23. The van der Waals surface area contributed by atoms with E-state index in [0.29, 0.717) is 12.4 Å². The summed E-state index contributed by atoms with van der Waals surface area (Å²) in [7, 11) is 0. The van der Waals surface area contributed by atoms with Crippen LogP contribution in [0.4, 0.5) is 13.2 Å². The van der Waals surface area contributed by atoms with Gasteiger partial charge < -0.3 is 14.5 Å². The van der Waals surface area contributed by atoms with Crippen LogP contribution < -0.4 is 14.5 Å². The summed E-state index contributed by atoms with van der Waals surface area (Å²) in [5.74, 6) is -0.325. The topological polar surface area (TPSA) is 18.1 Å². The van der Waals surface area contributed by atoms with Crippen molar-refractivity contribution in [3.63, 3.8) is 0 Å². The highest BCUT2D eigenvalue weighted by Crippen LogP contribution is 2.42. The van der Waals surface area contributed by atoms with Gasteiger partial charge in [0.2, 0.25) is 0 Å². The molecule has 3 nitrogen and oxygen atoms in total. The van der Waals surface area contributed by atoms with Crippen LogP contribution in [0.25, 0.3) is 0 Å². The first kappa shape index (κ1) is 23.5. The Bertz CT molecular complexity index is 1170. The molecule has 34 heavy (non-hydrogen) atoms. The smallest absolute Gasteiger partial charge is 0.142 e. The van der Waals surface area contributed by atoms with Gasteiger partial charge in [0.15, 0.2) is 0 Å². The number of benzene rings is 3. The summed E-state index contributed by atoms with van der Waals surface area (Å²) < 4.78 is 47.1. The number of fused-ring (bicyclic) bond motifs is 2. The zero-order valence-corrected chi connectivity index (χ0v) is 20.1. The van der Waals surface area contributed by atoms with Gasteiger partial charge in [-0.2, -0.15) is 0 Å². The maximum Gasteiger partial charge on any atom is 0.142 e. The van der Waals surface area contributed by atoms with E-state index in [0.717, 1.165) is 60.1 Å². The zero-order valence-electron chi connectivity index (χ0n) is 18.6. The fourth-order valence-electron chi connectivity index (χ4n) is 4.88. The molecular weight excluding hydrogens is 481 g/mol. The maximum atomic E-state index is 14.3. The molecule has 3 aromatic rings. The van der Waals surface area contributed by atoms with Crippen molar-refractivity contribution < 1.29 is 27.7 Å². The Morgan fingerprint density at radius 1 is 0.882 bits per heavy atom. The van der Waals surface area contributed by atoms with Crippen LogP contribution in [0.5, 0.6) is 5.75 Å². The number of rotatable bonds is 5. The molecular formula is C26H26ClF3N2OS+2. The Balaban J connectivity index is 1.27. The lowest BCUT2D eigenvalue weighted by Crippen LogP contribution is -3.28. The monoisotopic (exact) mass is 506 g/mol. The molecule has 0 saturated carbocycles. The minimum atomic E-state index is -0.447. The van der Waals surface area contributed by atoms with Crippen molar-refractivity contribution in [2.24, 2.45) is 0 Å². The SMILES string of the molecule is Fc1ccc(OCC[NH+]2CC[NH+]([C@@H]3Cc4ccc(F)cc4Sc4cc(F)c(Cl)cc43)CC2)cc1. The lowest BCUT2D eigenvalue weighted by Gasteiger charge is -2.35. The summed E-state index contributed by atoms with van der Waals surface area (Å²) in [5, 5.41) is 0.128. The lowest BCUT2D eigenvalue weighted by atomic mass is 9.96. The van der Waals surface area contributed by atoms with E-state index in [1.807, 2.05) is 6.07 Å². The third-order valence-electron chi connectivity index (χ3n) is 6.73. The largest absolute Gasteiger partial charge is 0.488 e. The normalized spacial score (nSPS) is 21.9. The van der Waals surface area contributed by atoms with E-state index in [1.165, 1.54) is 51.9 Å². The lowest BCUT2D eigenvalue weighted by molar-refractivity contribution is -1.03. The number of halogens is 4. The molecule has 2 N–H and O–H groups in total. The van der Waals surface area contributed by atoms with E-state index >= 15 is 0 Å². The zero-order chi connectivity index (χ0) is 23.7. The van der Waals surface area contributed by atoms with Crippen LogP contribution >= 0.6 is 23.4 Å². The van der Waals surface area contributed by atoms with Gasteiger partial charge in [0, 0.05) is 21.8 Å². The van der Waals surface area contributed by atoms with Crippen LogP contribution in [-0.4, -0.2) is 39.3 Å². The quantitative estimate of drug-likeness (QED) is 0.553. The van der Waals surface area contributed by atoms with E-state index in [-0.39, 0.29) is 22.7 Å². The third-order valence-corrected chi connectivity index (χ3v) is 8.19. The molecule has 0 spiro atoms. The van der Waals surface area contributed by atoms with Crippen LogP contribution in [0, 0.1) is 17.5 Å². The summed E-state index contributed by atoms with van der Waals surface area (Å²) in [6.07, 6.45) is 0.760. The highest BCUT2D eigenvalue weighted by Gasteiger charge is 2.35. The number of quaternary nitrogens is 2. The molecule has 1 saturated heterocycles. The fourth-order valence-corrected chi connectivity index (χ4v) is 6.22. The Morgan fingerprint density at radius 3 is 2.38 bits per heavy atom. The molecule has 1 atom stereocenters. The first-order valence-electron chi connectivity index (χ1n) is 11.5. The number of nitrogens with one attached hydrogen (secondary N) is 2. The number of piperazine rings is 1. The van der Waals surface area contributed by atoms with Gasteiger partial charge in [0.05, 0.1) is 5.02 Å². The van der Waals surface area contributed by atoms with Crippen molar-refractivity contribution in [2.45, 2.75) is 22.3 Å². The van der Waals surface area contributed by atoms with Crippen molar-refractivity contribution in [3.05, 3.63) is 88.2 Å². The highest BCUT2D eigenvalue weighted by atomic mass is 35.5.